The van der Waals surface area contributed by atoms with Crippen LogP contribution in [0.1, 0.15) is 117 Å². The Morgan fingerprint density at radius 3 is 1.47 bits per heavy atom. The third-order valence-electron chi connectivity index (χ3n) is 18.8. The number of aromatic amines is 2. The van der Waals surface area contributed by atoms with Gasteiger partial charge in [-0.1, -0.05) is 83.7 Å². The highest BCUT2D eigenvalue weighted by Gasteiger charge is 2.44. The van der Waals surface area contributed by atoms with Gasteiger partial charge in [0.05, 0.1) is 38.8 Å². The van der Waals surface area contributed by atoms with Gasteiger partial charge in [-0.05, 0) is 63.7 Å². The summed E-state index contributed by atoms with van der Waals surface area (Å²) in [6.45, 7) is 4.49. The molecule has 2 aromatic heterocycles. The summed E-state index contributed by atoms with van der Waals surface area (Å²) in [7, 11) is 3.23. The van der Waals surface area contributed by atoms with E-state index in [1.165, 1.54) is 45.8 Å². The molecule has 0 spiro atoms. The number of carbonyl (C=O) groups excluding carboxylic acids is 17. The summed E-state index contributed by atoms with van der Waals surface area (Å²) in [6, 6.07) is -24.2. The van der Waals surface area contributed by atoms with E-state index in [2.05, 4.69) is 89.1 Å². The number of aliphatic hydroxyl groups is 2. The van der Waals surface area contributed by atoms with Crippen molar-refractivity contribution in [1.29, 1.82) is 0 Å². The van der Waals surface area contributed by atoms with Gasteiger partial charge in [-0.2, -0.15) is 0 Å². The number of primary amides is 2. The first-order chi connectivity index (χ1) is 54.6. The lowest BCUT2D eigenvalue weighted by Crippen LogP contribution is -2.62. The normalized spacial score (nSPS) is 27.5. The molecule has 6 rings (SSSR count). The molecule has 0 aliphatic carbocycles. The number of aliphatic hydroxyl groups excluding tert-OH is 2. The standard InChI is InChI=1S/C68H104N22O21S4/c1-32(2)17-38-57(100)85-44(54(71)97)26-112-114-29-47-63(106)83-42(24-91)59(102)82-41(19-36-23-73-31-75-36)68(111)89-15-9-12-48(89)64(107)76-34(5)55(98)86-46(28-115-113-27-45(61(104)87-47)77-51(94)21-69)62(105)84-43(25-92)60(103)88-53(33(3)4)66(109)80-39(20-50(70)93)58(101)81-40(18-35-22-72-30-74-35)67(110)90-16-10-13-49(90)65(108)78-37(56(99)79-38)11-7-6-8-14-52(95)96/h22-23,30-34,37-49,53,91-92H,6-21,24-29,69H2,1-5H3,(H2,70,93)(H2,71,97)(H,72,74)(H,73,75)(H,76,107)(H,77,94)(H,78,108)(H,79,99)(H,80,109)(H,81,101)(H,82,102)(H,83,106)(H,84,105)(H,85,100)(H,86,98)(H,87,104)(H,88,103)(H,95,96)/t34-,37-,38-,39-,40-,41-,42-,43-,44-,45-,46-,47-,48-,49-,53-/m0/s1. The molecule has 17 amide bonds. The Balaban J connectivity index is 1.45. The Kier molecular flexibility index (Phi) is 38.1. The van der Waals surface area contributed by atoms with Gasteiger partial charge in [0.25, 0.3) is 0 Å². The Labute approximate surface area is 676 Å². The number of aliphatic carboxylic acids is 1. The number of nitrogens with two attached hydrogens (primary N) is 3. The van der Waals surface area contributed by atoms with Crippen molar-refractivity contribution in [2.24, 2.45) is 29.0 Å². The van der Waals surface area contributed by atoms with Crippen LogP contribution >= 0.6 is 43.2 Å². The quantitative estimate of drug-likeness (QED) is 0.0432. The molecule has 2 bridgehead atoms. The van der Waals surface area contributed by atoms with Crippen LogP contribution in [0.4, 0.5) is 0 Å². The number of carboxylic acids is 1. The van der Waals surface area contributed by atoms with E-state index in [9.17, 15) is 102 Å². The molecule has 4 aliphatic rings. The first kappa shape index (κ1) is 94.0. The van der Waals surface area contributed by atoms with E-state index < -0.39 is 246 Å². The number of amides is 17. The zero-order chi connectivity index (χ0) is 84.8. The van der Waals surface area contributed by atoms with Crippen LogP contribution in [0.25, 0.3) is 0 Å². The Morgan fingerprint density at radius 2 is 0.983 bits per heavy atom. The summed E-state index contributed by atoms with van der Waals surface area (Å²) in [5.74, 6) is -21.6. The SMILES string of the molecule is CC(C)C[C@@H]1NC(=O)[C@H](CCCCCC(=O)O)NC(=O)[C@@H]2CCCN2C(=O)[C@H](Cc2cnc[nH]2)NC(=O)[C@H](CC(N)=O)NC(=O)[C@H](C(C)C)NC(=O)[C@H](CO)NC(=O)[C@@H]2CSSC[C@H](NC(=O)CN)C(=O)N[C@@H](CSSC[C@@H](C(N)=O)NC1=O)C(=O)N[C@@H](CO)C(=O)N[C@@H](Cc1cnc[nH]1)C(=O)N1CCC[C@H]1C(=O)N[C@@H](C)C(=O)N2. The van der Waals surface area contributed by atoms with Gasteiger partial charge in [-0.25, -0.2) is 9.97 Å². The maximum atomic E-state index is 15.0. The van der Waals surface area contributed by atoms with E-state index >= 15 is 0 Å². The molecular weight excluding hydrogens is 1590 g/mol. The fraction of sp³-hybridized carbons (Fsp3) is 0.647. The number of imidazole rings is 2. The maximum Gasteiger partial charge on any atom is 0.303 e. The molecular formula is C68H104N22O21S4. The van der Waals surface area contributed by atoms with E-state index in [0.29, 0.717) is 5.69 Å². The second-order valence-electron chi connectivity index (χ2n) is 28.5. The molecule has 0 aromatic carbocycles. The van der Waals surface area contributed by atoms with Crippen molar-refractivity contribution in [3.8, 4) is 0 Å². The number of aromatic nitrogens is 4. The Hall–Kier alpha value is -9.84. The van der Waals surface area contributed by atoms with Crippen molar-refractivity contribution in [2.45, 2.75) is 209 Å². The minimum absolute atomic E-state index is 0.0103. The van der Waals surface area contributed by atoms with Crippen LogP contribution in [0, 0.1) is 11.8 Å². The van der Waals surface area contributed by atoms with Gasteiger partial charge in [-0.15, -0.1) is 0 Å². The van der Waals surface area contributed by atoms with E-state index in [4.69, 9.17) is 17.2 Å². The van der Waals surface area contributed by atoms with E-state index in [1.54, 1.807) is 13.8 Å². The highest BCUT2D eigenvalue weighted by Crippen LogP contribution is 2.27. The van der Waals surface area contributed by atoms with Gasteiger partial charge in [0.15, 0.2) is 0 Å². The van der Waals surface area contributed by atoms with Crippen molar-refractivity contribution in [3.63, 3.8) is 0 Å². The minimum atomic E-state index is -1.95. The largest absolute Gasteiger partial charge is 0.481 e. The van der Waals surface area contributed by atoms with Crippen molar-refractivity contribution in [1.82, 2.24) is 98.9 Å². The van der Waals surface area contributed by atoms with Crippen molar-refractivity contribution >= 4 is 150 Å². The highest BCUT2D eigenvalue weighted by molar-refractivity contribution is 8.77. The third kappa shape index (κ3) is 29.4. The molecule has 0 unspecified atom stereocenters. The summed E-state index contributed by atoms with van der Waals surface area (Å²) in [5.41, 5.74) is 17.8. The number of H-pyrrole nitrogens is 2. The second kappa shape index (κ2) is 46.6. The molecule has 47 heteroatoms. The van der Waals surface area contributed by atoms with Crippen molar-refractivity contribution in [2.75, 3.05) is 55.9 Å². The molecule has 2 aromatic rings. The Morgan fingerprint density at radius 1 is 0.522 bits per heavy atom. The van der Waals surface area contributed by atoms with E-state index in [1.807, 2.05) is 0 Å². The van der Waals surface area contributed by atoms with Gasteiger partial charge in [0, 0.05) is 79.1 Å². The molecule has 6 heterocycles. The van der Waals surface area contributed by atoms with E-state index in [0.717, 1.165) is 53.0 Å². The number of nitrogens with zero attached hydrogens (tertiary/aromatic N) is 4. The summed E-state index contributed by atoms with van der Waals surface area (Å²) in [5, 5.41) is 63.5. The average molecular weight is 1690 g/mol. The fourth-order valence-corrected chi connectivity index (χ4v) is 17.2. The molecule has 0 saturated carbocycles. The van der Waals surface area contributed by atoms with Crippen molar-refractivity contribution < 1.29 is 102 Å². The van der Waals surface area contributed by atoms with Gasteiger partial charge in [-0.3, -0.25) is 86.3 Å². The van der Waals surface area contributed by atoms with Crippen LogP contribution in [-0.4, -0.2) is 298 Å². The maximum absolute atomic E-state index is 15.0. The fourth-order valence-electron chi connectivity index (χ4n) is 12.6. The number of carbonyl (C=O) groups is 18. The molecule has 636 valence electrons. The number of nitrogens with one attached hydrogen (secondary N) is 15. The number of unbranched alkanes of at least 4 members (excludes halogenated alkanes) is 2. The lowest BCUT2D eigenvalue weighted by molar-refractivity contribution is -0.143. The van der Waals surface area contributed by atoms with Crippen LogP contribution in [-0.2, 0) is 99.1 Å². The number of rotatable bonds is 20. The second-order valence-corrected chi connectivity index (χ2v) is 33.6. The zero-order valence-electron chi connectivity index (χ0n) is 64.0. The molecule has 4 saturated heterocycles. The number of fused-ring (bicyclic) bond motifs is 10. The molecule has 4 fully saturated rings. The summed E-state index contributed by atoms with van der Waals surface area (Å²) >= 11 is 0. The Bertz CT molecular complexity index is 3770. The third-order valence-corrected chi connectivity index (χ3v) is 23.6. The van der Waals surface area contributed by atoms with Crippen molar-refractivity contribution in [3.05, 3.63) is 36.4 Å². The smallest absolute Gasteiger partial charge is 0.303 e. The molecule has 24 N–H and O–H groups in total. The summed E-state index contributed by atoms with van der Waals surface area (Å²) in [4.78, 5) is 270. The summed E-state index contributed by atoms with van der Waals surface area (Å²) < 4.78 is 0. The minimum Gasteiger partial charge on any atom is -0.481 e. The number of carboxylic acid groups (broad SMARTS) is 1. The van der Waals surface area contributed by atoms with Crippen LogP contribution in [0.3, 0.4) is 0 Å². The van der Waals surface area contributed by atoms with E-state index in [-0.39, 0.29) is 108 Å². The lowest BCUT2D eigenvalue weighted by atomic mass is 10.0. The first-order valence-electron chi connectivity index (χ1n) is 37.3. The molecule has 4 aliphatic heterocycles. The molecule has 15 atom stereocenters. The number of hydrogen-bond donors (Lipinski definition) is 21. The molecule has 115 heavy (non-hydrogen) atoms. The van der Waals surface area contributed by atoms with Crippen LogP contribution in [0.2, 0.25) is 0 Å². The lowest BCUT2D eigenvalue weighted by Gasteiger charge is -2.31. The van der Waals surface area contributed by atoms with Crippen LogP contribution in [0.15, 0.2) is 25.0 Å². The predicted octanol–water partition coefficient (Wildman–Crippen LogP) is -7.95. The number of hydrogen-bond acceptors (Lipinski definition) is 27. The monoisotopic (exact) mass is 1690 g/mol. The van der Waals surface area contributed by atoms with Crippen LogP contribution in [0.5, 0.6) is 0 Å². The average Bonchev–Trinajstić information content (AvgIpc) is 1.69. The highest BCUT2D eigenvalue weighted by atomic mass is 33.1. The van der Waals surface area contributed by atoms with Gasteiger partial charge < -0.3 is 121 Å². The zero-order valence-corrected chi connectivity index (χ0v) is 67.3. The van der Waals surface area contributed by atoms with Gasteiger partial charge in [0.2, 0.25) is 100 Å². The predicted molar refractivity (Wildman–Crippen MR) is 416 cm³/mol. The first-order valence-corrected chi connectivity index (χ1v) is 42.3. The van der Waals surface area contributed by atoms with Gasteiger partial charge >= 0.3 is 5.97 Å². The van der Waals surface area contributed by atoms with Gasteiger partial charge in [0.1, 0.15) is 90.6 Å². The topological polar surface area (TPSA) is 666 Å². The van der Waals surface area contributed by atoms with Crippen LogP contribution < -0.4 is 86.3 Å². The summed E-state index contributed by atoms with van der Waals surface area (Å²) in [6.07, 6.45) is 4.34. The molecule has 0 radical (unpaired) electrons. The molecule has 43 nitrogen and oxygen atoms in total.